The molecule has 6 heteroatoms. The summed E-state index contributed by atoms with van der Waals surface area (Å²) in [5, 5.41) is 0. The lowest BCUT2D eigenvalue weighted by Crippen LogP contribution is -2.03. The van der Waals surface area contributed by atoms with Crippen LogP contribution in [0, 0.1) is 0 Å². The van der Waals surface area contributed by atoms with Crippen molar-refractivity contribution in [3.63, 3.8) is 0 Å². The van der Waals surface area contributed by atoms with Gasteiger partial charge in [0.1, 0.15) is 36.9 Å². The lowest BCUT2D eigenvalue weighted by molar-refractivity contribution is 0.263. The molecule has 0 saturated carbocycles. The molecule has 2 unspecified atom stereocenters. The van der Waals surface area contributed by atoms with Gasteiger partial charge in [-0.3, -0.25) is 9.98 Å². The van der Waals surface area contributed by atoms with Gasteiger partial charge in [0.25, 0.3) is 0 Å². The van der Waals surface area contributed by atoms with Gasteiger partial charge in [0.15, 0.2) is 0 Å². The van der Waals surface area contributed by atoms with Crippen molar-refractivity contribution in [2.24, 2.45) is 9.98 Å². The third-order valence-corrected chi connectivity index (χ3v) is 6.23. The van der Waals surface area contributed by atoms with E-state index in [1.165, 1.54) is 0 Å². The van der Waals surface area contributed by atoms with Crippen molar-refractivity contribution < 1.29 is 18.9 Å². The molecule has 0 amide bonds. The van der Waals surface area contributed by atoms with Crippen molar-refractivity contribution in [3.05, 3.63) is 108 Å². The van der Waals surface area contributed by atoms with E-state index in [1.54, 1.807) is 0 Å². The van der Waals surface area contributed by atoms with Crippen molar-refractivity contribution in [2.45, 2.75) is 12.2 Å². The van der Waals surface area contributed by atoms with Gasteiger partial charge in [-0.2, -0.15) is 0 Å². The molecule has 0 spiro atoms. The summed E-state index contributed by atoms with van der Waals surface area (Å²) in [5.74, 6) is 1.69. The molecule has 6 rings (SSSR count). The van der Waals surface area contributed by atoms with E-state index in [9.17, 15) is 0 Å². The molecule has 0 N–H and O–H groups in total. The van der Waals surface area contributed by atoms with Crippen LogP contribution in [0.1, 0.15) is 11.1 Å². The Hall–Kier alpha value is -4.26. The zero-order valence-electron chi connectivity index (χ0n) is 20.9. The molecular formula is C32H28N2O4. The van der Waals surface area contributed by atoms with Crippen molar-refractivity contribution in [3.8, 4) is 22.6 Å². The number of ether oxygens (including phenoxy) is 4. The molecule has 2 atom stereocenters. The van der Waals surface area contributed by atoms with Gasteiger partial charge in [0, 0.05) is 12.4 Å². The van der Waals surface area contributed by atoms with Crippen LogP contribution in [0.2, 0.25) is 0 Å². The molecule has 2 saturated heterocycles. The summed E-state index contributed by atoms with van der Waals surface area (Å²) in [6, 6.07) is 32.3. The summed E-state index contributed by atoms with van der Waals surface area (Å²) in [4.78, 5) is 9.20. The number of aliphatic imine (C=N–C) groups is 2. The SMILES string of the molecule is C(=Nc1ccc(-c2ccc(N=Cc3ccc(OCC4CO4)cc3)cc2)cc1)c1ccc(OCC2CO2)cc1. The summed E-state index contributed by atoms with van der Waals surface area (Å²) in [6.07, 6.45) is 4.24. The van der Waals surface area contributed by atoms with Gasteiger partial charge in [0.05, 0.1) is 24.6 Å². The summed E-state index contributed by atoms with van der Waals surface area (Å²) in [7, 11) is 0. The summed E-state index contributed by atoms with van der Waals surface area (Å²) < 4.78 is 21.7. The monoisotopic (exact) mass is 504 g/mol. The highest BCUT2D eigenvalue weighted by molar-refractivity contribution is 5.83. The van der Waals surface area contributed by atoms with E-state index in [4.69, 9.17) is 18.9 Å². The molecule has 4 aromatic carbocycles. The van der Waals surface area contributed by atoms with E-state index in [0.29, 0.717) is 13.2 Å². The largest absolute Gasteiger partial charge is 0.491 e. The maximum Gasteiger partial charge on any atom is 0.119 e. The van der Waals surface area contributed by atoms with Crippen LogP contribution in [-0.2, 0) is 9.47 Å². The number of benzene rings is 4. The minimum Gasteiger partial charge on any atom is -0.491 e. The highest BCUT2D eigenvalue weighted by Crippen LogP contribution is 2.25. The fourth-order valence-corrected chi connectivity index (χ4v) is 3.79. The number of epoxide rings is 2. The van der Waals surface area contributed by atoms with Crippen LogP contribution >= 0.6 is 0 Å². The molecular weight excluding hydrogens is 476 g/mol. The molecule has 6 nitrogen and oxygen atoms in total. The van der Waals surface area contributed by atoms with Crippen molar-refractivity contribution >= 4 is 23.8 Å². The third-order valence-electron chi connectivity index (χ3n) is 6.23. The standard InChI is InChI=1S/C32H28N2O4/c1-13-29(35-19-31-21-37-31)14-2-23(1)17-33-27-9-5-25(6-10-27)26-7-11-28(12-8-26)34-18-24-3-15-30(16-4-24)36-20-32-22-38-32/h1-18,31-32H,19-22H2. The molecule has 0 bridgehead atoms. The van der Waals surface area contributed by atoms with Crippen LogP contribution < -0.4 is 9.47 Å². The fraction of sp³-hybridized carbons (Fsp3) is 0.188. The van der Waals surface area contributed by atoms with E-state index in [-0.39, 0.29) is 12.2 Å². The topological polar surface area (TPSA) is 68.2 Å². The Balaban J connectivity index is 1.01. The van der Waals surface area contributed by atoms with E-state index in [1.807, 2.05) is 85.2 Å². The van der Waals surface area contributed by atoms with Crippen LogP contribution in [0.25, 0.3) is 11.1 Å². The normalized spacial score (nSPS) is 18.1. The number of nitrogens with zero attached hydrogens (tertiary/aromatic N) is 2. The first kappa shape index (κ1) is 24.1. The van der Waals surface area contributed by atoms with Gasteiger partial charge in [-0.05, 0) is 95.1 Å². The molecule has 190 valence electrons. The van der Waals surface area contributed by atoms with Crippen molar-refractivity contribution in [1.29, 1.82) is 0 Å². The molecule has 2 fully saturated rings. The molecule has 4 aromatic rings. The Bertz CT molecular complexity index is 1280. The van der Waals surface area contributed by atoms with Gasteiger partial charge >= 0.3 is 0 Å². The summed E-state index contributed by atoms with van der Waals surface area (Å²) in [5.41, 5.74) is 6.11. The number of rotatable bonds is 11. The summed E-state index contributed by atoms with van der Waals surface area (Å²) in [6.45, 7) is 2.81. The first-order valence-corrected chi connectivity index (χ1v) is 12.7. The Morgan fingerprint density at radius 2 is 0.921 bits per heavy atom. The van der Waals surface area contributed by atoms with Crippen LogP contribution in [0.4, 0.5) is 11.4 Å². The van der Waals surface area contributed by atoms with E-state index in [0.717, 1.165) is 58.3 Å². The highest BCUT2D eigenvalue weighted by Gasteiger charge is 2.23. The Labute approximate surface area is 222 Å². The molecule has 0 aliphatic carbocycles. The van der Waals surface area contributed by atoms with Gasteiger partial charge in [-0.15, -0.1) is 0 Å². The van der Waals surface area contributed by atoms with Crippen LogP contribution in [0.15, 0.2) is 107 Å². The molecule has 2 aliphatic rings. The Kier molecular flexibility index (Phi) is 7.24. The van der Waals surface area contributed by atoms with Gasteiger partial charge < -0.3 is 18.9 Å². The molecule has 0 aromatic heterocycles. The quantitative estimate of drug-likeness (QED) is 0.175. The zero-order chi connectivity index (χ0) is 25.6. The summed E-state index contributed by atoms with van der Waals surface area (Å²) >= 11 is 0. The minimum atomic E-state index is 0.258. The predicted molar refractivity (Wildman–Crippen MR) is 150 cm³/mol. The average Bonchev–Trinajstić information content (AvgIpc) is 3.90. The van der Waals surface area contributed by atoms with Crippen LogP contribution in [-0.4, -0.2) is 51.1 Å². The molecule has 2 aliphatic heterocycles. The van der Waals surface area contributed by atoms with Crippen molar-refractivity contribution in [1.82, 2.24) is 0 Å². The van der Waals surface area contributed by atoms with Crippen LogP contribution in [0.5, 0.6) is 11.5 Å². The average molecular weight is 505 g/mol. The van der Waals surface area contributed by atoms with E-state index in [2.05, 4.69) is 34.3 Å². The van der Waals surface area contributed by atoms with E-state index >= 15 is 0 Å². The minimum absolute atomic E-state index is 0.258. The van der Waals surface area contributed by atoms with Gasteiger partial charge in [0.2, 0.25) is 0 Å². The third kappa shape index (κ3) is 6.94. The fourth-order valence-electron chi connectivity index (χ4n) is 3.79. The highest BCUT2D eigenvalue weighted by atomic mass is 16.6. The Morgan fingerprint density at radius 3 is 1.26 bits per heavy atom. The Morgan fingerprint density at radius 1 is 0.553 bits per heavy atom. The predicted octanol–water partition coefficient (Wildman–Crippen LogP) is 6.41. The molecule has 2 heterocycles. The lowest BCUT2D eigenvalue weighted by Gasteiger charge is -2.04. The van der Waals surface area contributed by atoms with Crippen LogP contribution in [0.3, 0.4) is 0 Å². The lowest BCUT2D eigenvalue weighted by atomic mass is 10.1. The maximum atomic E-state index is 5.68. The molecule has 38 heavy (non-hydrogen) atoms. The van der Waals surface area contributed by atoms with Gasteiger partial charge in [-0.25, -0.2) is 0 Å². The van der Waals surface area contributed by atoms with Crippen molar-refractivity contribution in [2.75, 3.05) is 26.4 Å². The zero-order valence-corrected chi connectivity index (χ0v) is 20.9. The maximum absolute atomic E-state index is 5.68. The van der Waals surface area contributed by atoms with Gasteiger partial charge in [-0.1, -0.05) is 24.3 Å². The second kappa shape index (κ2) is 11.4. The smallest absolute Gasteiger partial charge is 0.119 e. The van der Waals surface area contributed by atoms with E-state index < -0.39 is 0 Å². The number of hydrogen-bond acceptors (Lipinski definition) is 6. The second-order valence-electron chi connectivity index (χ2n) is 9.28. The first-order valence-electron chi connectivity index (χ1n) is 12.7. The first-order chi connectivity index (χ1) is 18.8. The number of hydrogen-bond donors (Lipinski definition) is 0. The second-order valence-corrected chi connectivity index (χ2v) is 9.28. The molecule has 0 radical (unpaired) electrons.